The average molecular weight is 522 g/mol. The number of rotatable bonds is 9. The molecule has 0 atom stereocenters. The monoisotopic (exact) mass is 521 g/mol. The lowest BCUT2D eigenvalue weighted by atomic mass is 10.1. The summed E-state index contributed by atoms with van der Waals surface area (Å²) >= 11 is 9.40. The van der Waals surface area contributed by atoms with Crippen LogP contribution >= 0.6 is 35.1 Å². The van der Waals surface area contributed by atoms with Crippen LogP contribution < -0.4 is 4.72 Å². The van der Waals surface area contributed by atoms with E-state index in [1.54, 1.807) is 37.5 Å². The van der Waals surface area contributed by atoms with E-state index >= 15 is 0 Å². The lowest BCUT2D eigenvalue weighted by Crippen LogP contribution is -2.26. The fourth-order valence-corrected chi connectivity index (χ4v) is 7.25. The molecule has 4 aromatic rings. The van der Waals surface area contributed by atoms with Gasteiger partial charge in [0.05, 0.1) is 16.7 Å². The van der Waals surface area contributed by atoms with Gasteiger partial charge < -0.3 is 4.98 Å². The summed E-state index contributed by atoms with van der Waals surface area (Å²) in [6.45, 7) is 4.02. The summed E-state index contributed by atoms with van der Waals surface area (Å²) in [4.78, 5) is 9.14. The Morgan fingerprint density at radius 1 is 1.12 bits per heavy atom. The van der Waals surface area contributed by atoms with E-state index < -0.39 is 10.0 Å². The zero-order valence-electron chi connectivity index (χ0n) is 18.4. The van der Waals surface area contributed by atoms with Gasteiger partial charge in [-0.05, 0) is 43.2 Å². The number of aromatic amines is 1. The maximum atomic E-state index is 12.6. The first-order valence-electron chi connectivity index (χ1n) is 10.2. The van der Waals surface area contributed by atoms with Crippen LogP contribution in [0, 0.1) is 13.8 Å². The quantitative estimate of drug-likeness (QED) is 0.239. The standard InChI is InChI=1S/C22H24ClN5O2S3/c1-14-16(13-32-22-25-17-8-4-5-9-18(17)26-22)7-6-10-19(14)31-12-11-24-33(29,30)20-15(2)27-28(3)21(20)23/h4-10,24H,11-13H2,1-3H3,(H,25,26). The lowest BCUT2D eigenvalue weighted by molar-refractivity contribution is 0.583. The molecule has 2 heterocycles. The number of nitrogens with zero attached hydrogens (tertiary/aromatic N) is 3. The Kier molecular flexibility index (Phi) is 7.40. The molecule has 0 aliphatic rings. The molecule has 174 valence electrons. The maximum absolute atomic E-state index is 12.6. The molecule has 0 radical (unpaired) electrons. The number of halogens is 1. The van der Waals surface area contributed by atoms with Crippen molar-refractivity contribution < 1.29 is 8.42 Å². The number of sulfonamides is 1. The van der Waals surface area contributed by atoms with Crippen LogP contribution in [0.4, 0.5) is 0 Å². The van der Waals surface area contributed by atoms with Crippen molar-refractivity contribution in [3.8, 4) is 0 Å². The van der Waals surface area contributed by atoms with E-state index in [0.717, 1.165) is 26.8 Å². The second-order valence-electron chi connectivity index (χ2n) is 7.46. The summed E-state index contributed by atoms with van der Waals surface area (Å²) in [5.41, 5.74) is 4.80. The number of imidazole rings is 1. The summed E-state index contributed by atoms with van der Waals surface area (Å²) in [6, 6.07) is 14.2. The van der Waals surface area contributed by atoms with Gasteiger partial charge in [0.1, 0.15) is 10.0 Å². The van der Waals surface area contributed by atoms with Crippen molar-refractivity contribution in [2.75, 3.05) is 12.3 Å². The van der Waals surface area contributed by atoms with Crippen LogP contribution in [-0.2, 0) is 22.8 Å². The van der Waals surface area contributed by atoms with Crippen LogP contribution in [0.15, 0.2) is 57.4 Å². The van der Waals surface area contributed by atoms with E-state index in [1.807, 2.05) is 30.3 Å². The second-order valence-corrected chi connectivity index (χ2v) is 11.6. The number of aryl methyl sites for hydroxylation is 2. The van der Waals surface area contributed by atoms with Crippen LogP contribution in [0.3, 0.4) is 0 Å². The molecule has 2 aromatic heterocycles. The minimum atomic E-state index is -3.72. The molecule has 0 aliphatic heterocycles. The normalized spacial score (nSPS) is 12.0. The van der Waals surface area contributed by atoms with Crippen molar-refractivity contribution in [2.45, 2.75) is 34.5 Å². The molecule has 0 fully saturated rings. The first-order valence-corrected chi connectivity index (χ1v) is 14.1. The highest BCUT2D eigenvalue weighted by Crippen LogP contribution is 2.30. The third-order valence-electron chi connectivity index (χ3n) is 5.15. The van der Waals surface area contributed by atoms with Crippen molar-refractivity contribution in [1.29, 1.82) is 0 Å². The number of thioether (sulfide) groups is 2. The van der Waals surface area contributed by atoms with Gasteiger partial charge in [0.25, 0.3) is 0 Å². The van der Waals surface area contributed by atoms with Gasteiger partial charge in [-0.3, -0.25) is 4.68 Å². The highest BCUT2D eigenvalue weighted by atomic mass is 35.5. The van der Waals surface area contributed by atoms with Gasteiger partial charge in [0.15, 0.2) is 5.16 Å². The summed E-state index contributed by atoms with van der Waals surface area (Å²) in [5.74, 6) is 1.39. The molecule has 0 saturated carbocycles. The number of hydrogen-bond acceptors (Lipinski definition) is 6. The molecule has 0 amide bonds. The molecule has 0 spiro atoms. The first-order chi connectivity index (χ1) is 15.8. The van der Waals surface area contributed by atoms with E-state index in [4.69, 9.17) is 11.6 Å². The Labute approximate surface area is 206 Å². The molecular weight excluding hydrogens is 498 g/mol. The molecule has 33 heavy (non-hydrogen) atoms. The molecule has 0 bridgehead atoms. The van der Waals surface area contributed by atoms with Crippen molar-refractivity contribution in [2.24, 2.45) is 7.05 Å². The van der Waals surface area contributed by atoms with E-state index in [-0.39, 0.29) is 16.6 Å². The summed E-state index contributed by atoms with van der Waals surface area (Å²) in [5, 5.41) is 5.08. The maximum Gasteiger partial charge on any atom is 0.245 e. The van der Waals surface area contributed by atoms with E-state index in [1.165, 1.54) is 15.8 Å². The zero-order valence-corrected chi connectivity index (χ0v) is 21.6. The Bertz CT molecular complexity index is 1370. The number of para-hydroxylation sites is 2. The SMILES string of the molecule is Cc1nn(C)c(Cl)c1S(=O)(=O)NCCSc1cccc(CSc2nc3ccccc3[nH]2)c1C. The highest BCUT2D eigenvalue weighted by molar-refractivity contribution is 7.99. The van der Waals surface area contributed by atoms with Crippen LogP contribution in [0.1, 0.15) is 16.8 Å². The van der Waals surface area contributed by atoms with Gasteiger partial charge >= 0.3 is 0 Å². The largest absolute Gasteiger partial charge is 0.333 e. The van der Waals surface area contributed by atoms with Crippen molar-refractivity contribution in [1.82, 2.24) is 24.5 Å². The topological polar surface area (TPSA) is 92.7 Å². The molecule has 2 aromatic carbocycles. The summed E-state index contributed by atoms with van der Waals surface area (Å²) < 4.78 is 29.3. The fourth-order valence-electron chi connectivity index (χ4n) is 3.44. The van der Waals surface area contributed by atoms with E-state index in [2.05, 4.69) is 38.8 Å². The van der Waals surface area contributed by atoms with Crippen molar-refractivity contribution in [3.05, 3.63) is 64.4 Å². The first kappa shape index (κ1) is 24.2. The Balaban J connectivity index is 1.35. The fraction of sp³-hybridized carbons (Fsp3) is 0.273. The Morgan fingerprint density at radius 3 is 2.64 bits per heavy atom. The Hall–Kier alpha value is -1.98. The van der Waals surface area contributed by atoms with E-state index in [0.29, 0.717) is 11.4 Å². The zero-order chi connectivity index (χ0) is 23.6. The molecule has 11 heteroatoms. The van der Waals surface area contributed by atoms with E-state index in [9.17, 15) is 8.42 Å². The van der Waals surface area contributed by atoms with Gasteiger partial charge in [0.2, 0.25) is 10.0 Å². The average Bonchev–Trinajstić information content (AvgIpc) is 3.30. The third kappa shape index (κ3) is 5.41. The predicted octanol–water partition coefficient (Wildman–Crippen LogP) is 4.93. The predicted molar refractivity (Wildman–Crippen MR) is 136 cm³/mol. The lowest BCUT2D eigenvalue weighted by Gasteiger charge is -2.11. The minimum absolute atomic E-state index is 0.0393. The van der Waals surface area contributed by atoms with Crippen LogP contribution in [0.5, 0.6) is 0 Å². The molecule has 2 N–H and O–H groups in total. The van der Waals surface area contributed by atoms with Crippen molar-refractivity contribution >= 4 is 56.2 Å². The van der Waals surface area contributed by atoms with Crippen molar-refractivity contribution in [3.63, 3.8) is 0 Å². The minimum Gasteiger partial charge on any atom is -0.333 e. The summed E-state index contributed by atoms with van der Waals surface area (Å²) in [6.07, 6.45) is 0. The highest BCUT2D eigenvalue weighted by Gasteiger charge is 2.24. The van der Waals surface area contributed by atoms with Gasteiger partial charge in [-0.1, -0.05) is 47.6 Å². The number of H-pyrrole nitrogens is 1. The number of nitrogens with one attached hydrogen (secondary N) is 2. The number of aromatic nitrogens is 4. The molecule has 0 unspecified atom stereocenters. The van der Waals surface area contributed by atoms with Crippen LogP contribution in [0.2, 0.25) is 5.15 Å². The number of hydrogen-bond donors (Lipinski definition) is 2. The van der Waals surface area contributed by atoms with Crippen LogP contribution in [0.25, 0.3) is 11.0 Å². The Morgan fingerprint density at radius 2 is 1.91 bits per heavy atom. The van der Waals surface area contributed by atoms with Gasteiger partial charge in [0, 0.05) is 30.0 Å². The number of benzene rings is 2. The third-order valence-corrected chi connectivity index (χ3v) is 9.39. The molecular formula is C22H24ClN5O2S3. The molecule has 0 saturated heterocycles. The number of fused-ring (bicyclic) bond motifs is 1. The van der Waals surface area contributed by atoms with Gasteiger partial charge in [-0.2, -0.15) is 5.10 Å². The molecule has 0 aliphatic carbocycles. The van der Waals surface area contributed by atoms with Gasteiger partial charge in [-0.15, -0.1) is 11.8 Å². The van der Waals surface area contributed by atoms with Gasteiger partial charge in [-0.25, -0.2) is 18.1 Å². The smallest absolute Gasteiger partial charge is 0.245 e. The van der Waals surface area contributed by atoms with Crippen LogP contribution in [-0.4, -0.2) is 40.5 Å². The second kappa shape index (κ2) is 10.1. The molecule has 7 nitrogen and oxygen atoms in total. The molecule has 4 rings (SSSR count). The summed E-state index contributed by atoms with van der Waals surface area (Å²) in [7, 11) is -2.10.